The summed E-state index contributed by atoms with van der Waals surface area (Å²) in [4.78, 5) is 17.8. The van der Waals surface area contributed by atoms with Gasteiger partial charge in [0.05, 0.1) is 10.9 Å². The van der Waals surface area contributed by atoms with E-state index in [9.17, 15) is 18.3 Å². The second-order valence-electron chi connectivity index (χ2n) is 10.8. The lowest BCUT2D eigenvalue weighted by atomic mass is 9.86. The number of fused-ring (bicyclic) bond motifs is 1. The van der Waals surface area contributed by atoms with E-state index in [0.29, 0.717) is 23.4 Å². The maximum atomic E-state index is 13.3. The summed E-state index contributed by atoms with van der Waals surface area (Å²) in [6.07, 6.45) is 0.464. The first-order valence-corrected chi connectivity index (χ1v) is 14.8. The van der Waals surface area contributed by atoms with Gasteiger partial charge in [0.1, 0.15) is 17.5 Å². The zero-order valence-electron chi connectivity index (χ0n) is 22.7. The van der Waals surface area contributed by atoms with Crippen molar-refractivity contribution < 1.29 is 23.1 Å². The molecule has 2 aromatic rings. The van der Waals surface area contributed by atoms with Crippen molar-refractivity contribution in [3.63, 3.8) is 0 Å². The van der Waals surface area contributed by atoms with Gasteiger partial charge < -0.3 is 25.0 Å². The fourth-order valence-electron chi connectivity index (χ4n) is 4.89. The Hall–Kier alpha value is -2.50. The maximum absolute atomic E-state index is 13.3. The number of amides is 1. The fraction of sp³-hybridized carbons (Fsp3) is 0.536. The summed E-state index contributed by atoms with van der Waals surface area (Å²) in [6, 6.07) is 10.6. The number of sulfonamides is 1. The lowest BCUT2D eigenvalue weighted by molar-refractivity contribution is -0.0603. The minimum absolute atomic E-state index is 0.113. The maximum Gasteiger partial charge on any atom is 0.251 e. The molecule has 0 aromatic heterocycles. The topological polar surface area (TPSA) is 111 Å². The Labute approximate surface area is 226 Å². The third-order valence-electron chi connectivity index (χ3n) is 7.46. The molecule has 0 unspecified atom stereocenters. The minimum Gasteiger partial charge on any atom is -0.485 e. The van der Waals surface area contributed by atoms with Gasteiger partial charge in [0.15, 0.2) is 0 Å². The Balaban J connectivity index is 1.47. The van der Waals surface area contributed by atoms with E-state index in [0.717, 1.165) is 51.1 Å². The van der Waals surface area contributed by atoms with Gasteiger partial charge in [0.2, 0.25) is 10.0 Å². The highest BCUT2D eigenvalue weighted by atomic mass is 32.2. The highest BCUT2D eigenvalue weighted by Crippen LogP contribution is 2.41. The summed E-state index contributed by atoms with van der Waals surface area (Å²) in [7, 11) is -1.82. The number of aliphatic hydroxyl groups is 1. The van der Waals surface area contributed by atoms with Gasteiger partial charge in [0.25, 0.3) is 5.91 Å². The van der Waals surface area contributed by atoms with E-state index in [4.69, 9.17) is 4.74 Å². The molecule has 1 amide bonds. The quantitative estimate of drug-likeness (QED) is 0.415. The number of aliphatic hydroxyl groups excluding tert-OH is 1. The lowest BCUT2D eigenvalue weighted by Gasteiger charge is -2.42. The molecule has 0 radical (unpaired) electrons. The Morgan fingerprint density at radius 3 is 2.45 bits per heavy atom. The first-order valence-electron chi connectivity index (χ1n) is 13.3. The van der Waals surface area contributed by atoms with Crippen LogP contribution in [0.2, 0.25) is 0 Å². The van der Waals surface area contributed by atoms with Crippen molar-refractivity contribution in [3.8, 4) is 5.75 Å². The SMILES string of the molecule is CCc1ccc(S(=O)(=O)N[C@@H]2c3cc(C(=O)NCCCN4CCN(C)CC4)ccc3OC(C)(C)[C@H]2O)cc1. The van der Waals surface area contributed by atoms with Crippen LogP contribution in [0.15, 0.2) is 47.4 Å². The zero-order valence-corrected chi connectivity index (χ0v) is 23.6. The summed E-state index contributed by atoms with van der Waals surface area (Å²) in [5.74, 6) is 0.184. The molecule has 2 atom stereocenters. The Bertz CT molecular complexity index is 1220. The number of ether oxygens (including phenoxy) is 1. The van der Waals surface area contributed by atoms with Crippen molar-refractivity contribution in [1.82, 2.24) is 19.8 Å². The molecule has 1 fully saturated rings. The Morgan fingerprint density at radius 2 is 1.79 bits per heavy atom. The summed E-state index contributed by atoms with van der Waals surface area (Å²) in [5.41, 5.74) is 0.797. The van der Waals surface area contributed by atoms with Crippen LogP contribution in [0.1, 0.15) is 54.7 Å². The van der Waals surface area contributed by atoms with Crippen LogP contribution in [-0.4, -0.2) is 87.3 Å². The van der Waals surface area contributed by atoms with Crippen LogP contribution in [0.5, 0.6) is 5.75 Å². The lowest BCUT2D eigenvalue weighted by Crippen LogP contribution is -2.53. The Kier molecular flexibility index (Phi) is 8.78. The summed E-state index contributed by atoms with van der Waals surface area (Å²) >= 11 is 0. The van der Waals surface area contributed by atoms with Crippen molar-refractivity contribution in [2.45, 2.75) is 56.3 Å². The predicted molar refractivity (Wildman–Crippen MR) is 147 cm³/mol. The first kappa shape index (κ1) is 28.5. The van der Waals surface area contributed by atoms with E-state index in [1.54, 1.807) is 56.3 Å². The van der Waals surface area contributed by atoms with Crippen LogP contribution in [0.25, 0.3) is 0 Å². The number of rotatable bonds is 9. The predicted octanol–water partition coefficient (Wildman–Crippen LogP) is 2.17. The van der Waals surface area contributed by atoms with Crippen LogP contribution in [0.3, 0.4) is 0 Å². The van der Waals surface area contributed by atoms with Gasteiger partial charge in [0, 0.05) is 43.9 Å². The number of piperazine rings is 1. The van der Waals surface area contributed by atoms with Gasteiger partial charge in [-0.1, -0.05) is 19.1 Å². The van der Waals surface area contributed by atoms with Crippen molar-refractivity contribution in [1.29, 1.82) is 0 Å². The van der Waals surface area contributed by atoms with E-state index >= 15 is 0 Å². The molecule has 208 valence electrons. The van der Waals surface area contributed by atoms with E-state index < -0.39 is 27.8 Å². The number of carbonyl (C=O) groups is 1. The van der Waals surface area contributed by atoms with E-state index in [1.165, 1.54) is 0 Å². The molecule has 2 heterocycles. The van der Waals surface area contributed by atoms with Gasteiger partial charge in [-0.2, -0.15) is 0 Å². The van der Waals surface area contributed by atoms with Crippen LogP contribution in [0, 0.1) is 0 Å². The van der Waals surface area contributed by atoms with Gasteiger partial charge in [-0.3, -0.25) is 4.79 Å². The van der Waals surface area contributed by atoms with Crippen molar-refractivity contribution in [3.05, 3.63) is 59.2 Å². The number of carbonyl (C=O) groups excluding carboxylic acids is 1. The number of hydrogen-bond donors (Lipinski definition) is 3. The number of nitrogens with zero attached hydrogens (tertiary/aromatic N) is 2. The molecule has 4 rings (SSSR count). The first-order chi connectivity index (χ1) is 18.0. The highest BCUT2D eigenvalue weighted by Gasteiger charge is 2.44. The fourth-order valence-corrected chi connectivity index (χ4v) is 6.11. The van der Waals surface area contributed by atoms with Gasteiger partial charge in [-0.25, -0.2) is 13.1 Å². The molecular weight excluding hydrogens is 504 g/mol. The molecule has 9 nitrogen and oxygen atoms in total. The third kappa shape index (κ3) is 6.55. The van der Waals surface area contributed by atoms with Gasteiger partial charge in [-0.05, 0) is 76.2 Å². The molecule has 0 bridgehead atoms. The second-order valence-corrected chi connectivity index (χ2v) is 12.5. The average molecular weight is 545 g/mol. The van der Waals surface area contributed by atoms with Crippen molar-refractivity contribution >= 4 is 15.9 Å². The molecule has 2 aliphatic rings. The number of aryl methyl sites for hydroxylation is 1. The normalized spacial score (nSPS) is 21.9. The summed E-state index contributed by atoms with van der Waals surface area (Å²) in [6.45, 7) is 11.1. The number of likely N-dealkylation sites (N-methyl/N-ethyl adjacent to an activating group) is 1. The van der Waals surface area contributed by atoms with Crippen LogP contribution in [-0.2, 0) is 16.4 Å². The smallest absolute Gasteiger partial charge is 0.251 e. The molecule has 10 heteroatoms. The molecule has 38 heavy (non-hydrogen) atoms. The Morgan fingerprint density at radius 1 is 1.11 bits per heavy atom. The van der Waals surface area contributed by atoms with Crippen LogP contribution < -0.4 is 14.8 Å². The van der Waals surface area contributed by atoms with E-state index in [-0.39, 0.29) is 10.8 Å². The molecule has 0 saturated carbocycles. The molecule has 3 N–H and O–H groups in total. The third-order valence-corrected chi connectivity index (χ3v) is 8.92. The van der Waals surface area contributed by atoms with Crippen molar-refractivity contribution in [2.75, 3.05) is 46.3 Å². The molecule has 2 aromatic carbocycles. The van der Waals surface area contributed by atoms with Crippen molar-refractivity contribution in [2.24, 2.45) is 0 Å². The molecule has 1 saturated heterocycles. The number of benzene rings is 2. The highest BCUT2D eigenvalue weighted by molar-refractivity contribution is 7.89. The summed E-state index contributed by atoms with van der Waals surface area (Å²) in [5, 5.41) is 14.1. The van der Waals surface area contributed by atoms with Gasteiger partial charge in [-0.15, -0.1) is 0 Å². The molecule has 0 spiro atoms. The average Bonchev–Trinajstić information content (AvgIpc) is 2.90. The van der Waals surface area contributed by atoms with E-state index in [2.05, 4.69) is 26.9 Å². The monoisotopic (exact) mass is 544 g/mol. The molecule has 2 aliphatic heterocycles. The second kappa shape index (κ2) is 11.7. The van der Waals surface area contributed by atoms with Crippen LogP contribution >= 0.6 is 0 Å². The standard InChI is InChI=1S/C28H40N4O5S/c1-5-20-7-10-22(11-8-20)38(35,36)30-25-23-19-21(9-12-24(23)37-28(2,3)26(25)33)27(34)29-13-6-14-32-17-15-31(4)16-18-32/h7-12,19,25-26,30,33H,5-6,13-18H2,1-4H3,(H,29,34)/t25-,26+/m1/s1. The van der Waals surface area contributed by atoms with E-state index in [1.807, 2.05) is 6.92 Å². The summed E-state index contributed by atoms with van der Waals surface area (Å²) < 4.78 is 35.2. The largest absolute Gasteiger partial charge is 0.485 e. The number of nitrogens with one attached hydrogen (secondary N) is 2. The zero-order chi connectivity index (χ0) is 27.5. The molecular formula is C28H40N4O5S. The van der Waals surface area contributed by atoms with Crippen LogP contribution in [0.4, 0.5) is 0 Å². The number of hydrogen-bond acceptors (Lipinski definition) is 7. The minimum atomic E-state index is -3.95. The van der Waals surface area contributed by atoms with Gasteiger partial charge >= 0.3 is 0 Å². The molecule has 0 aliphatic carbocycles.